The molecular formula is C26H24F6N4O2. The molecule has 1 aliphatic heterocycles. The van der Waals surface area contributed by atoms with E-state index in [1.54, 1.807) is 59.6 Å². The van der Waals surface area contributed by atoms with E-state index in [1.807, 2.05) is 4.90 Å². The summed E-state index contributed by atoms with van der Waals surface area (Å²) >= 11 is 0. The van der Waals surface area contributed by atoms with Crippen LogP contribution in [0.5, 0.6) is 0 Å². The van der Waals surface area contributed by atoms with Crippen LogP contribution in [-0.4, -0.2) is 54.7 Å². The summed E-state index contributed by atoms with van der Waals surface area (Å²) in [5.41, 5.74) is -0.757. The van der Waals surface area contributed by atoms with Crippen LogP contribution in [0.4, 0.5) is 32.0 Å². The number of alkyl halides is 6. The highest BCUT2D eigenvalue weighted by Gasteiger charge is 2.33. The Morgan fingerprint density at radius 1 is 0.842 bits per heavy atom. The highest BCUT2D eigenvalue weighted by molar-refractivity contribution is 5.94. The summed E-state index contributed by atoms with van der Waals surface area (Å²) in [7, 11) is 0. The third-order valence-corrected chi connectivity index (χ3v) is 6.23. The lowest BCUT2D eigenvalue weighted by molar-refractivity contribution is -0.146. The van der Waals surface area contributed by atoms with Crippen molar-refractivity contribution in [2.24, 2.45) is 0 Å². The minimum absolute atomic E-state index is 0.269. The smallest absolute Gasteiger partial charge is 0.369 e. The molecular weight excluding hydrogens is 514 g/mol. The topological polar surface area (TPSA) is 68.4 Å². The molecule has 1 saturated heterocycles. The Morgan fingerprint density at radius 3 is 2.00 bits per heavy atom. The molecule has 2 aromatic carbocycles. The number of H-pyrrole nitrogens is 1. The standard InChI is InChI=1S/C26H24F6N4O2/c27-25(28,29)16-35-12-14-36(15-13-35)19-8-6-18(7-9-19)22(17-4-2-1-3-5-17)34-24(38)20-10-11-21(26(30,31)32)33-23(20)37/h1-11,22H,12-16H2,(H,33,37)(H,34,38). The van der Waals surface area contributed by atoms with E-state index < -0.39 is 47.7 Å². The Kier molecular flexibility index (Phi) is 7.81. The molecule has 0 spiro atoms. The number of nitrogens with zero attached hydrogens (tertiary/aromatic N) is 2. The molecule has 202 valence electrons. The van der Waals surface area contributed by atoms with E-state index in [1.165, 1.54) is 4.90 Å². The molecule has 0 saturated carbocycles. The molecule has 0 bridgehead atoms. The third-order valence-electron chi connectivity index (χ3n) is 6.23. The zero-order valence-electron chi connectivity index (χ0n) is 19.9. The summed E-state index contributed by atoms with van der Waals surface area (Å²) in [4.78, 5) is 30.2. The lowest BCUT2D eigenvalue weighted by Crippen LogP contribution is -2.49. The van der Waals surface area contributed by atoms with Gasteiger partial charge in [0.15, 0.2) is 0 Å². The Morgan fingerprint density at radius 2 is 1.45 bits per heavy atom. The number of benzene rings is 2. The fraction of sp³-hybridized carbons (Fsp3) is 0.308. The summed E-state index contributed by atoms with van der Waals surface area (Å²) in [6, 6.07) is 16.7. The molecule has 12 heteroatoms. The highest BCUT2D eigenvalue weighted by atomic mass is 19.4. The van der Waals surface area contributed by atoms with Crippen molar-refractivity contribution in [2.75, 3.05) is 37.6 Å². The number of rotatable bonds is 6. The first-order chi connectivity index (χ1) is 17.9. The average Bonchev–Trinajstić information content (AvgIpc) is 2.87. The largest absolute Gasteiger partial charge is 0.431 e. The monoisotopic (exact) mass is 538 g/mol. The minimum atomic E-state index is -4.76. The first-order valence-electron chi connectivity index (χ1n) is 11.7. The van der Waals surface area contributed by atoms with Crippen LogP contribution in [0.1, 0.15) is 33.2 Å². The second kappa shape index (κ2) is 10.9. The number of aromatic amines is 1. The average molecular weight is 538 g/mol. The van der Waals surface area contributed by atoms with Crippen molar-refractivity contribution in [3.8, 4) is 0 Å². The van der Waals surface area contributed by atoms with Crippen molar-refractivity contribution in [3.05, 3.63) is 99.5 Å². The van der Waals surface area contributed by atoms with E-state index in [-0.39, 0.29) is 13.1 Å². The molecule has 0 aliphatic carbocycles. The van der Waals surface area contributed by atoms with Gasteiger partial charge in [-0.15, -0.1) is 0 Å². The van der Waals surface area contributed by atoms with Crippen LogP contribution in [-0.2, 0) is 6.18 Å². The van der Waals surface area contributed by atoms with Crippen molar-refractivity contribution in [2.45, 2.75) is 18.4 Å². The van der Waals surface area contributed by atoms with E-state index in [2.05, 4.69) is 5.32 Å². The van der Waals surface area contributed by atoms with Crippen LogP contribution in [0, 0.1) is 0 Å². The maximum Gasteiger partial charge on any atom is 0.431 e. The van der Waals surface area contributed by atoms with Gasteiger partial charge < -0.3 is 15.2 Å². The molecule has 1 aromatic heterocycles. The predicted octanol–water partition coefficient (Wildman–Crippen LogP) is 4.60. The Bertz CT molecular complexity index is 1300. The van der Waals surface area contributed by atoms with Crippen molar-refractivity contribution in [3.63, 3.8) is 0 Å². The van der Waals surface area contributed by atoms with Crippen molar-refractivity contribution in [1.29, 1.82) is 0 Å². The van der Waals surface area contributed by atoms with E-state index >= 15 is 0 Å². The van der Waals surface area contributed by atoms with Gasteiger partial charge >= 0.3 is 12.4 Å². The molecule has 2 N–H and O–H groups in total. The van der Waals surface area contributed by atoms with Gasteiger partial charge in [0, 0.05) is 31.9 Å². The van der Waals surface area contributed by atoms with Crippen molar-refractivity contribution in [1.82, 2.24) is 15.2 Å². The number of piperazine rings is 1. The van der Waals surface area contributed by atoms with Gasteiger partial charge in [0.1, 0.15) is 11.3 Å². The number of aromatic nitrogens is 1. The van der Waals surface area contributed by atoms with Crippen LogP contribution in [0.15, 0.2) is 71.5 Å². The predicted molar refractivity (Wildman–Crippen MR) is 129 cm³/mol. The summed E-state index contributed by atoms with van der Waals surface area (Å²) in [6.07, 6.45) is -9.00. The number of amides is 1. The zero-order chi connectivity index (χ0) is 27.5. The van der Waals surface area contributed by atoms with Gasteiger partial charge in [-0.1, -0.05) is 42.5 Å². The lowest BCUT2D eigenvalue weighted by Gasteiger charge is -2.36. The van der Waals surface area contributed by atoms with E-state index in [4.69, 9.17) is 0 Å². The maximum atomic E-state index is 12.9. The summed E-state index contributed by atoms with van der Waals surface area (Å²) in [5.74, 6) is -0.848. The van der Waals surface area contributed by atoms with Gasteiger partial charge in [-0.3, -0.25) is 14.5 Å². The Labute approximate surface area is 213 Å². The molecule has 3 aromatic rings. The molecule has 1 atom stereocenters. The van der Waals surface area contributed by atoms with Gasteiger partial charge in [-0.2, -0.15) is 26.3 Å². The van der Waals surface area contributed by atoms with Gasteiger partial charge in [-0.05, 0) is 35.4 Å². The fourth-order valence-corrected chi connectivity index (χ4v) is 4.33. The fourth-order valence-electron chi connectivity index (χ4n) is 4.33. The quantitative estimate of drug-likeness (QED) is 0.451. The van der Waals surface area contributed by atoms with E-state index in [0.29, 0.717) is 30.3 Å². The molecule has 38 heavy (non-hydrogen) atoms. The minimum Gasteiger partial charge on any atom is -0.369 e. The molecule has 1 fully saturated rings. The first kappa shape index (κ1) is 27.2. The number of nitrogens with one attached hydrogen (secondary N) is 2. The highest BCUT2D eigenvalue weighted by Crippen LogP contribution is 2.28. The molecule has 0 radical (unpaired) electrons. The second-order valence-corrected chi connectivity index (χ2v) is 8.90. The molecule has 2 heterocycles. The van der Waals surface area contributed by atoms with Crippen LogP contribution >= 0.6 is 0 Å². The molecule has 6 nitrogen and oxygen atoms in total. The van der Waals surface area contributed by atoms with Gasteiger partial charge in [0.2, 0.25) is 0 Å². The van der Waals surface area contributed by atoms with Gasteiger partial charge in [-0.25, -0.2) is 0 Å². The molecule has 4 rings (SSSR count). The SMILES string of the molecule is O=C(NC(c1ccccc1)c1ccc(N2CCN(CC(F)(F)F)CC2)cc1)c1ccc(C(F)(F)F)[nH]c1=O. The van der Waals surface area contributed by atoms with Crippen molar-refractivity contribution >= 4 is 11.6 Å². The second-order valence-electron chi connectivity index (χ2n) is 8.90. The van der Waals surface area contributed by atoms with Crippen LogP contribution < -0.4 is 15.8 Å². The molecule has 1 unspecified atom stereocenters. The van der Waals surface area contributed by atoms with Crippen LogP contribution in [0.25, 0.3) is 0 Å². The van der Waals surface area contributed by atoms with Crippen molar-refractivity contribution < 1.29 is 31.1 Å². The van der Waals surface area contributed by atoms with Gasteiger partial charge in [0.25, 0.3) is 11.5 Å². The van der Waals surface area contributed by atoms with Gasteiger partial charge in [0.05, 0.1) is 12.6 Å². The number of carbonyl (C=O) groups excluding carboxylic acids is 1. The van der Waals surface area contributed by atoms with E-state index in [9.17, 15) is 35.9 Å². The Balaban J connectivity index is 1.52. The number of hydrogen-bond acceptors (Lipinski definition) is 4. The van der Waals surface area contributed by atoms with Crippen LogP contribution in [0.3, 0.4) is 0 Å². The van der Waals surface area contributed by atoms with E-state index in [0.717, 1.165) is 11.8 Å². The van der Waals surface area contributed by atoms with Crippen LogP contribution in [0.2, 0.25) is 0 Å². The number of anilines is 1. The number of hydrogen-bond donors (Lipinski definition) is 2. The number of halogens is 6. The maximum absolute atomic E-state index is 12.9. The summed E-state index contributed by atoms with van der Waals surface area (Å²) < 4.78 is 76.6. The normalized spacial score (nSPS) is 15.8. The number of pyridine rings is 1. The number of carbonyl (C=O) groups is 1. The Hall–Kier alpha value is -3.80. The summed E-state index contributed by atoms with van der Waals surface area (Å²) in [6.45, 7) is 0.438. The summed E-state index contributed by atoms with van der Waals surface area (Å²) in [5, 5.41) is 2.72. The third kappa shape index (κ3) is 6.74. The molecule has 1 amide bonds. The zero-order valence-corrected chi connectivity index (χ0v) is 19.9. The first-order valence-corrected chi connectivity index (χ1v) is 11.7. The molecule has 1 aliphatic rings. The lowest BCUT2D eigenvalue weighted by atomic mass is 9.97.